The van der Waals surface area contributed by atoms with Crippen molar-refractivity contribution >= 4 is 22.9 Å². The molecule has 2 aromatic heterocycles. The number of urea groups is 1. The van der Waals surface area contributed by atoms with Crippen molar-refractivity contribution in [1.29, 1.82) is 0 Å². The average Bonchev–Trinajstić information content (AvgIpc) is 3.32. The summed E-state index contributed by atoms with van der Waals surface area (Å²) in [7, 11) is 0. The molecule has 2 N–H and O–H groups in total. The lowest BCUT2D eigenvalue weighted by Crippen LogP contribution is -2.53. The van der Waals surface area contributed by atoms with E-state index in [-0.39, 0.29) is 36.6 Å². The standard InChI is InChI=1S/C22H24F2N6O2/c1-12-25-10-19(32-12)13-2-3-14-9-27-21(28-18(14)6-13)29-22(31)30-16-4-5-17(30)8-15(7-16)26-11-20(23)24/h2-3,6,9-10,15-17,20,26H,4-5,7-8,11H2,1H3,(H,27,28,29,31)/t15-,16-,17+. The number of nitrogens with one attached hydrogen (secondary N) is 2. The predicted octanol–water partition coefficient (Wildman–Crippen LogP) is 3.98. The molecular formula is C22H24F2N6O2. The molecule has 8 nitrogen and oxygen atoms in total. The highest BCUT2D eigenvalue weighted by Crippen LogP contribution is 2.36. The van der Waals surface area contributed by atoms with Crippen molar-refractivity contribution in [2.45, 2.75) is 57.2 Å². The third-order valence-electron chi connectivity index (χ3n) is 6.24. The molecule has 4 heterocycles. The monoisotopic (exact) mass is 442 g/mol. The maximum Gasteiger partial charge on any atom is 0.324 e. The van der Waals surface area contributed by atoms with Gasteiger partial charge in [0.2, 0.25) is 5.95 Å². The fourth-order valence-electron chi connectivity index (χ4n) is 4.82. The zero-order valence-corrected chi connectivity index (χ0v) is 17.6. The van der Waals surface area contributed by atoms with E-state index in [1.807, 2.05) is 23.1 Å². The van der Waals surface area contributed by atoms with E-state index < -0.39 is 6.43 Å². The third kappa shape index (κ3) is 4.14. The van der Waals surface area contributed by atoms with E-state index in [0.29, 0.717) is 30.0 Å². The molecule has 2 saturated heterocycles. The Hall–Kier alpha value is -3.14. The van der Waals surface area contributed by atoms with Crippen molar-refractivity contribution in [2.24, 2.45) is 0 Å². The number of rotatable bonds is 5. The fraction of sp³-hybridized carbons (Fsp3) is 0.455. The van der Waals surface area contributed by atoms with E-state index in [9.17, 15) is 13.6 Å². The van der Waals surface area contributed by atoms with Crippen LogP contribution in [-0.2, 0) is 0 Å². The second-order valence-electron chi connectivity index (χ2n) is 8.40. The van der Waals surface area contributed by atoms with Crippen molar-refractivity contribution in [3.63, 3.8) is 0 Å². The Morgan fingerprint density at radius 1 is 1.22 bits per heavy atom. The molecule has 3 aromatic rings. The van der Waals surface area contributed by atoms with E-state index in [0.717, 1.165) is 23.8 Å². The summed E-state index contributed by atoms with van der Waals surface area (Å²) in [6.45, 7) is 1.47. The summed E-state index contributed by atoms with van der Waals surface area (Å²) in [6.07, 6.45) is 4.07. The summed E-state index contributed by atoms with van der Waals surface area (Å²) in [5.74, 6) is 1.46. The molecule has 0 saturated carbocycles. The van der Waals surface area contributed by atoms with Crippen molar-refractivity contribution in [3.05, 3.63) is 36.5 Å². The molecule has 32 heavy (non-hydrogen) atoms. The van der Waals surface area contributed by atoms with Gasteiger partial charge < -0.3 is 14.6 Å². The molecule has 0 unspecified atom stereocenters. The predicted molar refractivity (Wildman–Crippen MR) is 114 cm³/mol. The topological polar surface area (TPSA) is 96.2 Å². The molecule has 2 bridgehead atoms. The van der Waals surface area contributed by atoms with Gasteiger partial charge in [0.15, 0.2) is 11.7 Å². The number of anilines is 1. The van der Waals surface area contributed by atoms with Crippen LogP contribution in [0, 0.1) is 6.92 Å². The SMILES string of the molecule is Cc1ncc(-c2ccc3cnc(NC(=O)N4[C@@H]5CC[C@H]4C[C@H](NCC(F)F)C5)nc3c2)o1. The van der Waals surface area contributed by atoms with Gasteiger partial charge in [-0.2, -0.15) is 0 Å². The zero-order chi connectivity index (χ0) is 22.2. The summed E-state index contributed by atoms with van der Waals surface area (Å²) in [5.41, 5.74) is 1.52. The summed E-state index contributed by atoms with van der Waals surface area (Å²) in [5, 5.41) is 6.59. The summed E-state index contributed by atoms with van der Waals surface area (Å²) in [6, 6.07) is 5.51. The first-order valence-corrected chi connectivity index (χ1v) is 10.8. The van der Waals surface area contributed by atoms with Gasteiger partial charge in [-0.05, 0) is 31.7 Å². The van der Waals surface area contributed by atoms with Gasteiger partial charge in [0.1, 0.15) is 0 Å². The molecule has 3 atom stereocenters. The normalized spacial score (nSPS) is 22.6. The lowest BCUT2D eigenvalue weighted by Gasteiger charge is -2.39. The quantitative estimate of drug-likeness (QED) is 0.621. The number of nitrogens with zero attached hydrogens (tertiary/aromatic N) is 4. The van der Waals surface area contributed by atoms with Crippen molar-refractivity contribution in [1.82, 2.24) is 25.2 Å². The molecular weight excluding hydrogens is 418 g/mol. The number of hydrogen-bond acceptors (Lipinski definition) is 6. The van der Waals surface area contributed by atoms with Gasteiger partial charge in [-0.3, -0.25) is 5.32 Å². The minimum atomic E-state index is -2.37. The zero-order valence-electron chi connectivity index (χ0n) is 17.6. The number of hydrogen-bond donors (Lipinski definition) is 2. The molecule has 5 rings (SSSR count). The molecule has 0 spiro atoms. The Balaban J connectivity index is 1.29. The Kier molecular flexibility index (Phi) is 5.46. The Labute approximate surface area is 183 Å². The lowest BCUT2D eigenvalue weighted by molar-refractivity contribution is 0.115. The lowest BCUT2D eigenvalue weighted by atomic mass is 9.97. The molecule has 2 fully saturated rings. The Morgan fingerprint density at radius 2 is 2.00 bits per heavy atom. The molecule has 0 radical (unpaired) electrons. The van der Waals surface area contributed by atoms with Crippen LogP contribution in [0.5, 0.6) is 0 Å². The van der Waals surface area contributed by atoms with Gasteiger partial charge in [0, 0.05) is 42.2 Å². The van der Waals surface area contributed by atoms with Crippen LogP contribution in [0.3, 0.4) is 0 Å². The minimum absolute atomic E-state index is 0.0145. The second kappa shape index (κ2) is 8.42. The fourth-order valence-corrected chi connectivity index (χ4v) is 4.82. The molecule has 2 aliphatic rings. The third-order valence-corrected chi connectivity index (χ3v) is 6.24. The van der Waals surface area contributed by atoms with Crippen molar-refractivity contribution in [2.75, 3.05) is 11.9 Å². The van der Waals surface area contributed by atoms with Crippen LogP contribution in [-0.4, -0.2) is 57.0 Å². The molecule has 0 aliphatic carbocycles. The highest BCUT2D eigenvalue weighted by molar-refractivity contribution is 5.90. The largest absolute Gasteiger partial charge is 0.441 e. The number of halogens is 2. The number of amides is 2. The van der Waals surface area contributed by atoms with Gasteiger partial charge in [-0.15, -0.1) is 0 Å². The van der Waals surface area contributed by atoms with Crippen LogP contribution in [0.4, 0.5) is 19.5 Å². The number of carbonyl (C=O) groups excluding carboxylic acids is 1. The molecule has 2 aliphatic heterocycles. The Morgan fingerprint density at radius 3 is 2.69 bits per heavy atom. The van der Waals surface area contributed by atoms with E-state index in [1.54, 1.807) is 19.3 Å². The number of carbonyl (C=O) groups is 1. The first kappa shape index (κ1) is 20.7. The van der Waals surface area contributed by atoms with Crippen LogP contribution < -0.4 is 10.6 Å². The number of aryl methyl sites for hydroxylation is 1. The number of fused-ring (bicyclic) bond motifs is 3. The van der Waals surface area contributed by atoms with E-state index in [2.05, 4.69) is 25.6 Å². The molecule has 2 amide bonds. The minimum Gasteiger partial charge on any atom is -0.441 e. The first-order valence-electron chi connectivity index (χ1n) is 10.8. The van der Waals surface area contributed by atoms with Gasteiger partial charge in [0.05, 0.1) is 18.3 Å². The summed E-state index contributed by atoms with van der Waals surface area (Å²) < 4.78 is 30.6. The van der Waals surface area contributed by atoms with Gasteiger partial charge in [-0.1, -0.05) is 12.1 Å². The molecule has 168 valence electrons. The first-order chi connectivity index (χ1) is 15.5. The number of benzene rings is 1. The van der Waals surface area contributed by atoms with Gasteiger partial charge in [-0.25, -0.2) is 28.5 Å². The molecule has 10 heteroatoms. The van der Waals surface area contributed by atoms with E-state index in [4.69, 9.17) is 4.42 Å². The molecule has 1 aromatic carbocycles. The highest BCUT2D eigenvalue weighted by atomic mass is 19.3. The average molecular weight is 442 g/mol. The van der Waals surface area contributed by atoms with E-state index >= 15 is 0 Å². The van der Waals surface area contributed by atoms with Crippen molar-refractivity contribution < 1.29 is 18.0 Å². The number of alkyl halides is 2. The number of aromatic nitrogens is 3. The van der Waals surface area contributed by atoms with Crippen molar-refractivity contribution in [3.8, 4) is 11.3 Å². The maximum atomic E-state index is 13.0. The number of piperidine rings is 1. The van der Waals surface area contributed by atoms with Crippen LogP contribution in [0.2, 0.25) is 0 Å². The van der Waals surface area contributed by atoms with Crippen LogP contribution in [0.1, 0.15) is 31.6 Å². The van der Waals surface area contributed by atoms with E-state index in [1.165, 1.54) is 0 Å². The highest BCUT2D eigenvalue weighted by Gasteiger charge is 2.43. The Bertz CT molecular complexity index is 1120. The smallest absolute Gasteiger partial charge is 0.324 e. The van der Waals surface area contributed by atoms with Crippen LogP contribution >= 0.6 is 0 Å². The summed E-state index contributed by atoms with van der Waals surface area (Å²) >= 11 is 0. The summed E-state index contributed by atoms with van der Waals surface area (Å²) in [4.78, 5) is 27.7. The maximum absolute atomic E-state index is 13.0. The number of oxazole rings is 1. The van der Waals surface area contributed by atoms with Gasteiger partial charge >= 0.3 is 6.03 Å². The van der Waals surface area contributed by atoms with Crippen LogP contribution in [0.15, 0.2) is 35.0 Å². The second-order valence-corrected chi connectivity index (χ2v) is 8.40. The van der Waals surface area contributed by atoms with Gasteiger partial charge in [0.25, 0.3) is 6.43 Å². The van der Waals surface area contributed by atoms with Crippen LogP contribution in [0.25, 0.3) is 22.2 Å².